The first kappa shape index (κ1) is 26.2. The van der Waals surface area contributed by atoms with Crippen LogP contribution in [0.2, 0.25) is 0 Å². The van der Waals surface area contributed by atoms with Gasteiger partial charge in [0.05, 0.1) is 14.2 Å². The summed E-state index contributed by atoms with van der Waals surface area (Å²) in [5.41, 5.74) is 3.39. The molecule has 6 nitrogen and oxygen atoms in total. The molecule has 1 heterocycles. The van der Waals surface area contributed by atoms with E-state index in [0.717, 1.165) is 24.8 Å². The molecular formula is C31H34N2O4S. The van der Waals surface area contributed by atoms with E-state index in [4.69, 9.17) is 9.47 Å². The Morgan fingerprint density at radius 2 is 1.55 bits per heavy atom. The monoisotopic (exact) mass is 530 g/mol. The van der Waals surface area contributed by atoms with Crippen LogP contribution in [0.15, 0.2) is 78.9 Å². The number of benzene rings is 3. The van der Waals surface area contributed by atoms with Crippen molar-refractivity contribution in [2.24, 2.45) is 5.92 Å². The average Bonchev–Trinajstić information content (AvgIpc) is 3.73. The summed E-state index contributed by atoms with van der Waals surface area (Å²) in [4.78, 5) is 28.7. The number of hydrogen-bond donors (Lipinski definition) is 1. The summed E-state index contributed by atoms with van der Waals surface area (Å²) in [6.07, 6.45) is 2.56. The van der Waals surface area contributed by atoms with Gasteiger partial charge < -0.3 is 19.7 Å². The molecular weight excluding hydrogens is 496 g/mol. The third-order valence-electron chi connectivity index (χ3n) is 7.31. The third kappa shape index (κ3) is 5.68. The third-order valence-corrected chi connectivity index (χ3v) is 8.64. The minimum absolute atomic E-state index is 0.0205. The van der Waals surface area contributed by atoms with Crippen molar-refractivity contribution in [3.63, 3.8) is 0 Å². The van der Waals surface area contributed by atoms with Crippen LogP contribution in [0.1, 0.15) is 47.2 Å². The highest BCUT2D eigenvalue weighted by Gasteiger charge is 2.46. The molecule has 0 spiro atoms. The summed E-state index contributed by atoms with van der Waals surface area (Å²) in [5, 5.41) is 2.92. The zero-order chi connectivity index (χ0) is 26.5. The summed E-state index contributed by atoms with van der Waals surface area (Å²) < 4.78 is 10.9. The lowest BCUT2D eigenvalue weighted by Crippen LogP contribution is -2.48. The first-order valence-electron chi connectivity index (χ1n) is 13.1. The lowest BCUT2D eigenvalue weighted by atomic mass is 9.88. The Kier molecular flexibility index (Phi) is 8.23. The molecule has 1 aliphatic heterocycles. The van der Waals surface area contributed by atoms with E-state index in [1.54, 1.807) is 26.0 Å². The van der Waals surface area contributed by atoms with Crippen LogP contribution in [0.3, 0.4) is 0 Å². The molecule has 3 aromatic rings. The number of rotatable bonds is 10. The van der Waals surface area contributed by atoms with Gasteiger partial charge in [0.2, 0.25) is 11.8 Å². The molecule has 38 heavy (non-hydrogen) atoms. The molecule has 2 amide bonds. The molecule has 2 aliphatic rings. The Hall–Kier alpha value is -3.45. The maximum absolute atomic E-state index is 13.5. The standard InChI is InChI=1S/C31H34N2O4S/c1-36-27-16-15-24(19-28(27)37-2)31-33(30(35)23-13-14-23)26(20-38-31)29(34)32-18-17-25(21-9-5-3-6-10-21)22-11-7-4-8-12-22/h3-12,15-16,19,23,25-26,31H,13-14,17-18,20H2,1-2H3,(H,32,34). The summed E-state index contributed by atoms with van der Waals surface area (Å²) in [7, 11) is 3.20. The zero-order valence-corrected chi connectivity index (χ0v) is 22.7. The second-order valence-corrected chi connectivity index (χ2v) is 10.9. The number of thioether (sulfide) groups is 1. The van der Waals surface area contributed by atoms with Crippen molar-refractivity contribution in [1.29, 1.82) is 0 Å². The van der Waals surface area contributed by atoms with Gasteiger partial charge in [-0.1, -0.05) is 66.7 Å². The molecule has 1 saturated heterocycles. The van der Waals surface area contributed by atoms with Crippen LogP contribution in [-0.2, 0) is 9.59 Å². The lowest BCUT2D eigenvalue weighted by Gasteiger charge is -2.29. The number of nitrogens with zero attached hydrogens (tertiary/aromatic N) is 1. The van der Waals surface area contributed by atoms with Crippen LogP contribution in [0.25, 0.3) is 0 Å². The molecule has 2 fully saturated rings. The second kappa shape index (κ2) is 11.9. The molecule has 1 saturated carbocycles. The highest BCUT2D eigenvalue weighted by Crippen LogP contribution is 2.46. The van der Waals surface area contributed by atoms with Crippen molar-refractivity contribution >= 4 is 23.6 Å². The molecule has 7 heteroatoms. The van der Waals surface area contributed by atoms with Gasteiger partial charge >= 0.3 is 0 Å². The molecule has 0 bridgehead atoms. The van der Waals surface area contributed by atoms with Crippen LogP contribution in [-0.4, -0.2) is 49.3 Å². The Labute approximate surface area is 228 Å². The van der Waals surface area contributed by atoms with Crippen LogP contribution >= 0.6 is 11.8 Å². The first-order chi connectivity index (χ1) is 18.6. The van der Waals surface area contributed by atoms with Gasteiger partial charge in [-0.2, -0.15) is 0 Å². The quantitative estimate of drug-likeness (QED) is 0.381. The van der Waals surface area contributed by atoms with Gasteiger partial charge in [-0.3, -0.25) is 9.59 Å². The number of hydrogen-bond acceptors (Lipinski definition) is 5. The highest BCUT2D eigenvalue weighted by molar-refractivity contribution is 7.99. The van der Waals surface area contributed by atoms with E-state index in [1.807, 2.05) is 35.2 Å². The topological polar surface area (TPSA) is 67.9 Å². The molecule has 0 aromatic heterocycles. The van der Waals surface area contributed by atoms with E-state index >= 15 is 0 Å². The molecule has 1 N–H and O–H groups in total. The van der Waals surface area contributed by atoms with Gasteiger partial charge in [-0.25, -0.2) is 0 Å². The fourth-order valence-electron chi connectivity index (χ4n) is 5.14. The number of methoxy groups -OCH3 is 2. The van der Waals surface area contributed by atoms with Crippen molar-refractivity contribution in [2.75, 3.05) is 26.5 Å². The van der Waals surface area contributed by atoms with Crippen molar-refractivity contribution in [2.45, 2.75) is 36.6 Å². The van der Waals surface area contributed by atoms with E-state index in [1.165, 1.54) is 11.1 Å². The second-order valence-electron chi connectivity index (χ2n) is 9.79. The Morgan fingerprint density at radius 1 is 0.921 bits per heavy atom. The highest BCUT2D eigenvalue weighted by atomic mass is 32.2. The van der Waals surface area contributed by atoms with Gasteiger partial charge in [0, 0.05) is 24.1 Å². The number of nitrogens with one attached hydrogen (secondary N) is 1. The van der Waals surface area contributed by atoms with Crippen molar-refractivity contribution in [3.8, 4) is 11.5 Å². The van der Waals surface area contributed by atoms with Crippen molar-refractivity contribution in [3.05, 3.63) is 95.6 Å². The maximum atomic E-state index is 13.5. The molecule has 0 radical (unpaired) electrons. The Bertz CT molecular complexity index is 1210. The van der Waals surface area contributed by atoms with Gasteiger partial charge in [-0.05, 0) is 48.1 Å². The smallest absolute Gasteiger partial charge is 0.243 e. The molecule has 198 valence electrons. The molecule has 1 aliphatic carbocycles. The molecule has 5 rings (SSSR count). The molecule has 2 unspecified atom stereocenters. The van der Waals surface area contributed by atoms with E-state index in [0.29, 0.717) is 23.8 Å². The van der Waals surface area contributed by atoms with E-state index in [2.05, 4.69) is 53.8 Å². The summed E-state index contributed by atoms with van der Waals surface area (Å²) >= 11 is 1.63. The fraction of sp³-hybridized carbons (Fsp3) is 0.355. The van der Waals surface area contributed by atoms with E-state index in [-0.39, 0.29) is 29.0 Å². The number of carbonyl (C=O) groups is 2. The van der Waals surface area contributed by atoms with Crippen LogP contribution in [0, 0.1) is 5.92 Å². The summed E-state index contributed by atoms with van der Waals surface area (Å²) in [5.74, 6) is 2.00. The minimum Gasteiger partial charge on any atom is -0.493 e. The maximum Gasteiger partial charge on any atom is 0.243 e. The normalized spacial score (nSPS) is 18.9. The first-order valence-corrected chi connectivity index (χ1v) is 14.2. The van der Waals surface area contributed by atoms with Gasteiger partial charge in [-0.15, -0.1) is 11.8 Å². The fourth-order valence-corrected chi connectivity index (χ4v) is 6.56. The number of ether oxygens (including phenoxy) is 2. The summed E-state index contributed by atoms with van der Waals surface area (Å²) in [6, 6.07) is 26.0. The predicted octanol–water partition coefficient (Wildman–Crippen LogP) is 5.39. The molecule has 3 aromatic carbocycles. The Balaban J connectivity index is 1.30. The van der Waals surface area contributed by atoms with Gasteiger partial charge in [0.1, 0.15) is 11.4 Å². The van der Waals surface area contributed by atoms with Crippen molar-refractivity contribution in [1.82, 2.24) is 10.2 Å². The number of amides is 2. The van der Waals surface area contributed by atoms with Gasteiger partial charge in [0.25, 0.3) is 0 Å². The average molecular weight is 531 g/mol. The van der Waals surface area contributed by atoms with Crippen LogP contribution in [0.4, 0.5) is 0 Å². The number of carbonyl (C=O) groups excluding carboxylic acids is 2. The van der Waals surface area contributed by atoms with E-state index in [9.17, 15) is 9.59 Å². The largest absolute Gasteiger partial charge is 0.493 e. The summed E-state index contributed by atoms with van der Waals surface area (Å²) in [6.45, 7) is 0.529. The van der Waals surface area contributed by atoms with Crippen LogP contribution < -0.4 is 14.8 Å². The zero-order valence-electron chi connectivity index (χ0n) is 21.8. The SMILES string of the molecule is COc1ccc(C2SCC(C(=O)NCCC(c3ccccc3)c3ccccc3)N2C(=O)C2CC2)cc1OC. The minimum atomic E-state index is -0.502. The van der Waals surface area contributed by atoms with Crippen molar-refractivity contribution < 1.29 is 19.1 Å². The van der Waals surface area contributed by atoms with Crippen LogP contribution in [0.5, 0.6) is 11.5 Å². The Morgan fingerprint density at radius 3 is 2.13 bits per heavy atom. The molecule has 2 atom stereocenters. The van der Waals surface area contributed by atoms with E-state index < -0.39 is 6.04 Å². The van der Waals surface area contributed by atoms with Gasteiger partial charge in [0.15, 0.2) is 11.5 Å². The predicted molar refractivity (Wildman–Crippen MR) is 150 cm³/mol. The lowest BCUT2D eigenvalue weighted by molar-refractivity contribution is -0.140.